The molecule has 0 radical (unpaired) electrons. The zero-order valence-electron chi connectivity index (χ0n) is 18.8. The van der Waals surface area contributed by atoms with E-state index in [0.29, 0.717) is 25.8 Å². The van der Waals surface area contributed by atoms with Crippen LogP contribution in [0.5, 0.6) is 0 Å². The van der Waals surface area contributed by atoms with Crippen LogP contribution in [-0.2, 0) is 24.0 Å². The lowest BCUT2D eigenvalue weighted by atomic mass is 10.0. The Morgan fingerprint density at radius 2 is 1.81 bits per heavy atom. The van der Waals surface area contributed by atoms with E-state index >= 15 is 0 Å². The van der Waals surface area contributed by atoms with Gasteiger partial charge in [0.1, 0.15) is 18.1 Å². The molecule has 0 aliphatic carbocycles. The summed E-state index contributed by atoms with van der Waals surface area (Å²) < 4.78 is 0. The lowest BCUT2D eigenvalue weighted by Crippen LogP contribution is -2.57. The van der Waals surface area contributed by atoms with E-state index in [0.717, 1.165) is 5.75 Å². The van der Waals surface area contributed by atoms with Crippen molar-refractivity contribution in [1.29, 1.82) is 0 Å². The molecule has 182 valence electrons. The fraction of sp³-hybridized carbons (Fsp3) is 0.750. The van der Waals surface area contributed by atoms with Gasteiger partial charge in [-0.3, -0.25) is 19.2 Å². The predicted octanol–water partition coefficient (Wildman–Crippen LogP) is -0.966. The molecular weight excluding hydrogens is 438 g/mol. The van der Waals surface area contributed by atoms with Crippen molar-refractivity contribution < 1.29 is 29.1 Å². The summed E-state index contributed by atoms with van der Waals surface area (Å²) in [5.41, 5.74) is 11.0. The van der Waals surface area contributed by atoms with Crippen LogP contribution in [0.2, 0.25) is 0 Å². The smallest absolute Gasteiger partial charge is 0.326 e. The molecule has 1 rings (SSSR count). The molecule has 7 N–H and O–H groups in total. The van der Waals surface area contributed by atoms with Gasteiger partial charge in [0.25, 0.3) is 0 Å². The minimum atomic E-state index is -1.49. The first-order chi connectivity index (χ1) is 15.0. The summed E-state index contributed by atoms with van der Waals surface area (Å²) >= 11 is 1.58. The zero-order valence-corrected chi connectivity index (χ0v) is 19.7. The van der Waals surface area contributed by atoms with E-state index in [4.69, 9.17) is 11.5 Å². The van der Waals surface area contributed by atoms with Crippen LogP contribution in [0, 0.1) is 5.92 Å². The number of carboxylic acid groups (broad SMARTS) is 1. The summed E-state index contributed by atoms with van der Waals surface area (Å²) in [7, 11) is 0. The summed E-state index contributed by atoms with van der Waals surface area (Å²) in [4.78, 5) is 62.3. The van der Waals surface area contributed by atoms with Crippen LogP contribution in [0.4, 0.5) is 0 Å². The monoisotopic (exact) mass is 473 g/mol. The highest BCUT2D eigenvalue weighted by molar-refractivity contribution is 7.98. The second-order valence-corrected chi connectivity index (χ2v) is 9.32. The molecule has 1 fully saturated rings. The molecule has 1 aliphatic heterocycles. The topological polar surface area (TPSA) is 185 Å². The van der Waals surface area contributed by atoms with Crippen molar-refractivity contribution in [2.45, 2.75) is 70.1 Å². The number of nitrogens with one attached hydrogen (secondary N) is 2. The van der Waals surface area contributed by atoms with Crippen molar-refractivity contribution in [1.82, 2.24) is 15.5 Å². The minimum absolute atomic E-state index is 0.00625. The quantitative estimate of drug-likeness (QED) is 0.226. The third-order valence-corrected chi connectivity index (χ3v) is 5.79. The van der Waals surface area contributed by atoms with Crippen LogP contribution in [-0.4, -0.2) is 82.3 Å². The molecular formula is C20H35N5O6S. The van der Waals surface area contributed by atoms with Gasteiger partial charge in [0.15, 0.2) is 0 Å². The predicted molar refractivity (Wildman–Crippen MR) is 120 cm³/mol. The molecule has 4 atom stereocenters. The number of likely N-dealkylation sites (tertiary alicyclic amines) is 1. The number of carbonyl (C=O) groups is 5. The van der Waals surface area contributed by atoms with Crippen LogP contribution >= 0.6 is 11.8 Å². The van der Waals surface area contributed by atoms with Crippen LogP contribution in [0.15, 0.2) is 0 Å². The Morgan fingerprint density at radius 3 is 2.34 bits per heavy atom. The number of rotatable bonds is 13. The van der Waals surface area contributed by atoms with E-state index in [2.05, 4.69) is 10.6 Å². The van der Waals surface area contributed by atoms with Crippen molar-refractivity contribution in [3.63, 3.8) is 0 Å². The van der Waals surface area contributed by atoms with E-state index in [1.807, 2.05) is 20.1 Å². The van der Waals surface area contributed by atoms with Crippen molar-refractivity contribution in [2.75, 3.05) is 18.6 Å². The van der Waals surface area contributed by atoms with Gasteiger partial charge in [0, 0.05) is 6.54 Å². The van der Waals surface area contributed by atoms with E-state index in [1.54, 1.807) is 11.8 Å². The highest BCUT2D eigenvalue weighted by Crippen LogP contribution is 2.20. The number of amides is 4. The van der Waals surface area contributed by atoms with Gasteiger partial charge in [-0.15, -0.1) is 0 Å². The molecule has 11 nitrogen and oxygen atoms in total. The maximum atomic E-state index is 13.0. The average molecular weight is 474 g/mol. The number of nitrogens with zero attached hydrogens (tertiary/aromatic N) is 1. The Labute approximate surface area is 192 Å². The number of hydrogen-bond donors (Lipinski definition) is 5. The molecule has 0 spiro atoms. The Bertz CT molecular complexity index is 704. The third-order valence-electron chi connectivity index (χ3n) is 5.15. The van der Waals surface area contributed by atoms with Gasteiger partial charge >= 0.3 is 5.97 Å². The molecule has 1 aliphatic rings. The van der Waals surface area contributed by atoms with Gasteiger partial charge in [0.05, 0.1) is 12.5 Å². The van der Waals surface area contributed by atoms with Gasteiger partial charge in [-0.1, -0.05) is 13.8 Å². The van der Waals surface area contributed by atoms with Crippen molar-refractivity contribution in [2.24, 2.45) is 17.4 Å². The molecule has 32 heavy (non-hydrogen) atoms. The summed E-state index contributed by atoms with van der Waals surface area (Å²) in [6.45, 7) is 4.10. The highest BCUT2D eigenvalue weighted by atomic mass is 32.2. The molecule has 1 saturated heterocycles. The lowest BCUT2D eigenvalue weighted by Gasteiger charge is -2.29. The van der Waals surface area contributed by atoms with E-state index in [9.17, 15) is 29.1 Å². The summed E-state index contributed by atoms with van der Waals surface area (Å²) in [6, 6.07) is -3.97. The number of hydrogen-bond acceptors (Lipinski definition) is 7. The van der Waals surface area contributed by atoms with Crippen LogP contribution < -0.4 is 22.1 Å². The molecule has 4 amide bonds. The standard InChI is InChI=1S/C20H35N5O6S/c1-11(2)9-13(17(27)24-14(20(30)31)10-16(22)26)23-18(28)15-5-4-7-25(15)19(29)12(21)6-8-32-3/h11-15H,4-10,21H2,1-3H3,(H2,22,26)(H,23,28)(H,24,27)(H,30,31). The number of primary amides is 1. The molecule has 4 unspecified atom stereocenters. The van der Waals surface area contributed by atoms with Gasteiger partial charge in [-0.2, -0.15) is 11.8 Å². The molecule has 0 saturated carbocycles. The van der Waals surface area contributed by atoms with Gasteiger partial charge in [-0.05, 0) is 43.6 Å². The SMILES string of the molecule is CSCCC(N)C(=O)N1CCCC1C(=O)NC(CC(C)C)C(=O)NC(CC(N)=O)C(=O)O. The number of thioether (sulfide) groups is 1. The van der Waals surface area contributed by atoms with Crippen molar-refractivity contribution in [3.05, 3.63) is 0 Å². The van der Waals surface area contributed by atoms with Crippen LogP contribution in [0.1, 0.15) is 46.0 Å². The molecule has 0 aromatic rings. The summed E-state index contributed by atoms with van der Waals surface area (Å²) in [6.07, 6.45) is 3.18. The Morgan fingerprint density at radius 1 is 1.16 bits per heavy atom. The number of nitrogens with two attached hydrogens (primary N) is 2. The fourth-order valence-corrected chi connectivity index (χ4v) is 4.02. The second-order valence-electron chi connectivity index (χ2n) is 8.34. The normalized spacial score (nSPS) is 18.7. The molecule has 0 bridgehead atoms. The van der Waals surface area contributed by atoms with Crippen LogP contribution in [0.3, 0.4) is 0 Å². The Balaban J connectivity index is 2.89. The Kier molecular flexibility index (Phi) is 11.5. The van der Waals surface area contributed by atoms with Gasteiger partial charge in [-0.25, -0.2) is 4.79 Å². The fourth-order valence-electron chi connectivity index (χ4n) is 3.53. The second kappa shape index (κ2) is 13.3. The Hall–Kier alpha value is -2.34. The van der Waals surface area contributed by atoms with Crippen molar-refractivity contribution >= 4 is 41.4 Å². The summed E-state index contributed by atoms with van der Waals surface area (Å²) in [5.74, 6) is -3.06. The third kappa shape index (κ3) is 8.65. The molecule has 1 heterocycles. The van der Waals surface area contributed by atoms with Crippen molar-refractivity contribution in [3.8, 4) is 0 Å². The maximum Gasteiger partial charge on any atom is 0.326 e. The first-order valence-corrected chi connectivity index (χ1v) is 12.0. The van der Waals surface area contributed by atoms with Gasteiger partial charge in [0.2, 0.25) is 23.6 Å². The molecule has 12 heteroatoms. The first kappa shape index (κ1) is 27.7. The number of aliphatic carboxylic acids is 1. The molecule has 0 aromatic carbocycles. The van der Waals surface area contributed by atoms with Crippen LogP contribution in [0.25, 0.3) is 0 Å². The average Bonchev–Trinajstić information content (AvgIpc) is 3.19. The highest BCUT2D eigenvalue weighted by Gasteiger charge is 2.38. The van der Waals surface area contributed by atoms with E-state index in [1.165, 1.54) is 4.90 Å². The largest absolute Gasteiger partial charge is 0.480 e. The number of carboxylic acids is 1. The lowest BCUT2D eigenvalue weighted by molar-refractivity contribution is -0.144. The van der Waals surface area contributed by atoms with E-state index in [-0.39, 0.29) is 18.2 Å². The first-order valence-electron chi connectivity index (χ1n) is 10.6. The minimum Gasteiger partial charge on any atom is -0.480 e. The zero-order chi connectivity index (χ0) is 24.4. The number of carbonyl (C=O) groups excluding carboxylic acids is 4. The maximum absolute atomic E-state index is 13.0. The van der Waals surface area contributed by atoms with Gasteiger partial charge < -0.3 is 32.1 Å². The summed E-state index contributed by atoms with van der Waals surface area (Å²) in [5, 5.41) is 14.2. The van der Waals surface area contributed by atoms with E-state index < -0.39 is 54.3 Å². The molecule has 0 aromatic heterocycles.